The van der Waals surface area contributed by atoms with Crippen LogP contribution in [0.3, 0.4) is 0 Å². The molecule has 0 saturated carbocycles. The van der Waals surface area contributed by atoms with E-state index in [0.717, 1.165) is 5.69 Å². The van der Waals surface area contributed by atoms with E-state index in [-0.39, 0.29) is 0 Å². The quantitative estimate of drug-likeness (QED) is 0.628. The first-order valence-corrected chi connectivity index (χ1v) is 6.83. The molecule has 20 heavy (non-hydrogen) atoms. The van der Waals surface area contributed by atoms with Gasteiger partial charge in [0.1, 0.15) is 0 Å². The molecule has 1 heterocycles. The Kier molecular flexibility index (Phi) is 3.34. The van der Waals surface area contributed by atoms with Gasteiger partial charge in [-0.25, -0.2) is 0 Å². The van der Waals surface area contributed by atoms with E-state index in [4.69, 9.17) is 0 Å². The SMILES string of the molecule is Cc1ccc(-c2ccc(-c3ccccc3)cc2C)nc1. The minimum absolute atomic E-state index is 1.03. The van der Waals surface area contributed by atoms with Crippen molar-refractivity contribution in [2.75, 3.05) is 0 Å². The van der Waals surface area contributed by atoms with Gasteiger partial charge in [0.05, 0.1) is 5.69 Å². The van der Waals surface area contributed by atoms with Crippen molar-refractivity contribution >= 4 is 0 Å². The minimum atomic E-state index is 1.03. The average molecular weight is 259 g/mol. The largest absolute Gasteiger partial charge is 0.256 e. The van der Waals surface area contributed by atoms with Crippen LogP contribution in [0.15, 0.2) is 66.9 Å². The summed E-state index contributed by atoms with van der Waals surface area (Å²) >= 11 is 0. The summed E-state index contributed by atoms with van der Waals surface area (Å²) in [5, 5.41) is 0. The lowest BCUT2D eigenvalue weighted by Gasteiger charge is -2.09. The standard InChI is InChI=1S/C19H17N/c1-14-8-11-19(20-13-14)18-10-9-17(12-15(18)2)16-6-4-3-5-7-16/h3-13H,1-2H3. The van der Waals surface area contributed by atoms with E-state index in [0.29, 0.717) is 0 Å². The first-order chi connectivity index (χ1) is 9.74. The van der Waals surface area contributed by atoms with E-state index < -0.39 is 0 Å². The normalized spacial score (nSPS) is 10.5. The van der Waals surface area contributed by atoms with E-state index in [1.807, 2.05) is 12.3 Å². The highest BCUT2D eigenvalue weighted by atomic mass is 14.7. The smallest absolute Gasteiger partial charge is 0.0704 e. The van der Waals surface area contributed by atoms with Gasteiger partial charge in [-0.3, -0.25) is 4.98 Å². The fourth-order valence-corrected chi connectivity index (χ4v) is 2.39. The van der Waals surface area contributed by atoms with Crippen molar-refractivity contribution in [3.05, 3.63) is 78.0 Å². The Labute approximate surface area is 119 Å². The molecular weight excluding hydrogens is 242 g/mol. The lowest BCUT2D eigenvalue weighted by molar-refractivity contribution is 1.26. The second-order valence-electron chi connectivity index (χ2n) is 5.12. The summed E-state index contributed by atoms with van der Waals surface area (Å²) in [7, 11) is 0. The van der Waals surface area contributed by atoms with Gasteiger partial charge in [-0.15, -0.1) is 0 Å². The average Bonchev–Trinajstić information content (AvgIpc) is 2.49. The minimum Gasteiger partial charge on any atom is -0.256 e. The molecule has 0 unspecified atom stereocenters. The summed E-state index contributed by atoms with van der Waals surface area (Å²) in [4.78, 5) is 4.51. The number of hydrogen-bond acceptors (Lipinski definition) is 1. The van der Waals surface area contributed by atoms with Crippen LogP contribution in [0.4, 0.5) is 0 Å². The first kappa shape index (κ1) is 12.6. The van der Waals surface area contributed by atoms with E-state index in [1.54, 1.807) is 0 Å². The molecule has 3 rings (SSSR count). The fraction of sp³-hybridized carbons (Fsp3) is 0.105. The van der Waals surface area contributed by atoms with Crippen molar-refractivity contribution in [2.45, 2.75) is 13.8 Å². The molecule has 0 bridgehead atoms. The van der Waals surface area contributed by atoms with Crippen LogP contribution in [0.25, 0.3) is 22.4 Å². The molecule has 1 aromatic heterocycles. The predicted molar refractivity (Wildman–Crippen MR) is 84.6 cm³/mol. The maximum Gasteiger partial charge on any atom is 0.0704 e. The number of hydrogen-bond donors (Lipinski definition) is 0. The van der Waals surface area contributed by atoms with Crippen molar-refractivity contribution in [1.82, 2.24) is 4.98 Å². The molecule has 0 aliphatic rings. The molecule has 0 aliphatic carbocycles. The number of nitrogens with zero attached hydrogens (tertiary/aromatic N) is 1. The summed E-state index contributed by atoms with van der Waals surface area (Å²) in [6, 6.07) is 21.2. The van der Waals surface area contributed by atoms with Crippen LogP contribution in [0.5, 0.6) is 0 Å². The molecule has 0 atom stereocenters. The highest BCUT2D eigenvalue weighted by Crippen LogP contribution is 2.27. The number of aryl methyl sites for hydroxylation is 2. The van der Waals surface area contributed by atoms with E-state index >= 15 is 0 Å². The molecule has 0 aliphatic heterocycles. The summed E-state index contributed by atoms with van der Waals surface area (Å²) < 4.78 is 0. The third-order valence-corrected chi connectivity index (χ3v) is 3.52. The van der Waals surface area contributed by atoms with Gasteiger partial charge >= 0.3 is 0 Å². The maximum absolute atomic E-state index is 4.51. The highest BCUT2D eigenvalue weighted by Gasteiger charge is 2.05. The van der Waals surface area contributed by atoms with Crippen LogP contribution in [-0.2, 0) is 0 Å². The number of aromatic nitrogens is 1. The second-order valence-corrected chi connectivity index (χ2v) is 5.12. The number of pyridine rings is 1. The Bertz CT molecular complexity index is 713. The van der Waals surface area contributed by atoms with E-state index in [2.05, 4.69) is 73.4 Å². The van der Waals surface area contributed by atoms with Gasteiger partial charge in [0.15, 0.2) is 0 Å². The first-order valence-electron chi connectivity index (χ1n) is 6.83. The van der Waals surface area contributed by atoms with Crippen molar-refractivity contribution in [3.8, 4) is 22.4 Å². The maximum atomic E-state index is 4.51. The molecule has 1 nitrogen and oxygen atoms in total. The molecule has 0 saturated heterocycles. The lowest BCUT2D eigenvalue weighted by Crippen LogP contribution is -1.88. The zero-order valence-corrected chi connectivity index (χ0v) is 11.8. The molecule has 0 radical (unpaired) electrons. The van der Waals surface area contributed by atoms with Gasteiger partial charge in [0.25, 0.3) is 0 Å². The molecular formula is C19H17N. The molecule has 0 fully saturated rings. The molecule has 0 spiro atoms. The van der Waals surface area contributed by atoms with Crippen LogP contribution in [0.2, 0.25) is 0 Å². The Morgan fingerprint density at radius 3 is 2.20 bits per heavy atom. The van der Waals surface area contributed by atoms with Crippen molar-refractivity contribution in [3.63, 3.8) is 0 Å². The Hall–Kier alpha value is -2.41. The molecule has 98 valence electrons. The van der Waals surface area contributed by atoms with Gasteiger partial charge in [0, 0.05) is 11.8 Å². The monoisotopic (exact) mass is 259 g/mol. The van der Waals surface area contributed by atoms with Crippen LogP contribution in [0, 0.1) is 13.8 Å². The van der Waals surface area contributed by atoms with E-state index in [9.17, 15) is 0 Å². The Morgan fingerprint density at radius 1 is 0.750 bits per heavy atom. The zero-order valence-electron chi connectivity index (χ0n) is 11.8. The predicted octanol–water partition coefficient (Wildman–Crippen LogP) is 5.03. The number of rotatable bonds is 2. The lowest BCUT2D eigenvalue weighted by atomic mass is 9.98. The topological polar surface area (TPSA) is 12.9 Å². The van der Waals surface area contributed by atoms with Crippen molar-refractivity contribution in [2.24, 2.45) is 0 Å². The summed E-state index contributed by atoms with van der Waals surface area (Å²) in [5.74, 6) is 0. The van der Waals surface area contributed by atoms with Crippen LogP contribution < -0.4 is 0 Å². The van der Waals surface area contributed by atoms with Gasteiger partial charge in [0.2, 0.25) is 0 Å². The van der Waals surface area contributed by atoms with Gasteiger partial charge in [-0.2, -0.15) is 0 Å². The van der Waals surface area contributed by atoms with E-state index in [1.165, 1.54) is 27.8 Å². The Balaban J connectivity index is 2.02. The highest BCUT2D eigenvalue weighted by molar-refractivity contribution is 5.71. The molecule has 2 aromatic carbocycles. The van der Waals surface area contributed by atoms with Crippen LogP contribution in [0.1, 0.15) is 11.1 Å². The second kappa shape index (κ2) is 5.30. The summed E-state index contributed by atoms with van der Waals surface area (Å²) in [6.45, 7) is 4.20. The van der Waals surface area contributed by atoms with Crippen molar-refractivity contribution < 1.29 is 0 Å². The molecule has 3 aromatic rings. The summed E-state index contributed by atoms with van der Waals surface area (Å²) in [5.41, 5.74) is 7.17. The van der Waals surface area contributed by atoms with Crippen molar-refractivity contribution in [1.29, 1.82) is 0 Å². The molecule has 0 amide bonds. The Morgan fingerprint density at radius 2 is 1.55 bits per heavy atom. The molecule has 0 N–H and O–H groups in total. The fourth-order valence-electron chi connectivity index (χ4n) is 2.39. The van der Waals surface area contributed by atoms with Crippen LogP contribution >= 0.6 is 0 Å². The number of benzene rings is 2. The molecule has 1 heteroatoms. The zero-order chi connectivity index (χ0) is 13.9. The van der Waals surface area contributed by atoms with Gasteiger partial charge < -0.3 is 0 Å². The van der Waals surface area contributed by atoms with Gasteiger partial charge in [-0.05, 0) is 42.2 Å². The van der Waals surface area contributed by atoms with Crippen LogP contribution in [-0.4, -0.2) is 4.98 Å². The third kappa shape index (κ3) is 2.48. The third-order valence-electron chi connectivity index (χ3n) is 3.52. The summed E-state index contributed by atoms with van der Waals surface area (Å²) in [6.07, 6.45) is 1.92. The van der Waals surface area contributed by atoms with Gasteiger partial charge in [-0.1, -0.05) is 54.6 Å².